The minimum absolute atomic E-state index is 0.00416. The highest BCUT2D eigenvalue weighted by atomic mass is 28.4. The third kappa shape index (κ3) is 7.16. The maximum Gasteiger partial charge on any atom is 0.407 e. The van der Waals surface area contributed by atoms with E-state index in [1.807, 2.05) is 30.3 Å². The first-order valence-electron chi connectivity index (χ1n) is 12.4. The van der Waals surface area contributed by atoms with E-state index in [9.17, 15) is 9.90 Å². The van der Waals surface area contributed by atoms with Gasteiger partial charge in [0.05, 0.1) is 18.2 Å². The number of aliphatic hydroxyl groups is 1. The van der Waals surface area contributed by atoms with E-state index >= 15 is 0 Å². The number of carbonyl (C=O) groups excluding carboxylic acids is 1. The predicted molar refractivity (Wildman–Crippen MR) is 143 cm³/mol. The van der Waals surface area contributed by atoms with Gasteiger partial charge in [-0.05, 0) is 48.2 Å². The Hall–Kier alpha value is -1.20. The second kappa shape index (κ2) is 10.8. The second-order valence-electron chi connectivity index (χ2n) is 12.7. The van der Waals surface area contributed by atoms with Gasteiger partial charge in [-0.3, -0.25) is 0 Å². The SMILES string of the molecule is CC(C)(C)[Si](C)(C)OC1C(O[Si](C)(C)C(C)(C)C)[C@H](NC(=O)OCc2ccccc2)C[C@@H]1CO. The van der Waals surface area contributed by atoms with E-state index in [2.05, 4.69) is 73.0 Å². The standard InChI is InChI=1S/C26H47NO5Si2/c1-25(2,3)33(7,8)31-22-20(17-28)16-21(23(22)32-34(9,10)26(4,5)6)27-24(29)30-18-19-14-12-11-13-15-19/h11-15,20-23,28H,16-18H2,1-10H3,(H,27,29)/t20-,21-,22?,23?/m1/s1. The molecule has 0 spiro atoms. The summed E-state index contributed by atoms with van der Waals surface area (Å²) in [6.45, 7) is 22.3. The summed E-state index contributed by atoms with van der Waals surface area (Å²) in [5, 5.41) is 13.3. The Kier molecular flexibility index (Phi) is 9.24. The summed E-state index contributed by atoms with van der Waals surface area (Å²) < 4.78 is 19.3. The summed E-state index contributed by atoms with van der Waals surface area (Å²) in [7, 11) is -4.32. The smallest absolute Gasteiger partial charge is 0.407 e. The highest BCUT2D eigenvalue weighted by molar-refractivity contribution is 6.74. The van der Waals surface area contributed by atoms with Crippen molar-refractivity contribution in [3.05, 3.63) is 35.9 Å². The van der Waals surface area contributed by atoms with Gasteiger partial charge in [-0.25, -0.2) is 4.79 Å². The minimum atomic E-state index is -2.18. The highest BCUT2D eigenvalue weighted by Gasteiger charge is 2.53. The van der Waals surface area contributed by atoms with Gasteiger partial charge in [0.25, 0.3) is 0 Å². The molecule has 0 aromatic heterocycles. The van der Waals surface area contributed by atoms with Crippen LogP contribution >= 0.6 is 0 Å². The Bertz CT molecular complexity index is 802. The molecule has 1 amide bonds. The molecule has 1 fully saturated rings. The molecule has 1 aliphatic rings. The molecule has 1 aromatic carbocycles. The van der Waals surface area contributed by atoms with Crippen molar-refractivity contribution in [2.24, 2.45) is 5.92 Å². The van der Waals surface area contributed by atoms with Crippen molar-refractivity contribution in [3.8, 4) is 0 Å². The number of benzene rings is 1. The second-order valence-corrected chi connectivity index (χ2v) is 22.2. The fourth-order valence-electron chi connectivity index (χ4n) is 3.67. The van der Waals surface area contributed by atoms with Crippen molar-refractivity contribution in [3.63, 3.8) is 0 Å². The van der Waals surface area contributed by atoms with E-state index in [-0.39, 0.29) is 47.5 Å². The van der Waals surface area contributed by atoms with E-state index in [0.29, 0.717) is 6.42 Å². The van der Waals surface area contributed by atoms with Crippen molar-refractivity contribution >= 4 is 22.7 Å². The van der Waals surface area contributed by atoms with Crippen LogP contribution in [0.5, 0.6) is 0 Å². The number of alkyl carbamates (subject to hydrolysis) is 1. The van der Waals surface area contributed by atoms with Gasteiger partial charge in [0.2, 0.25) is 0 Å². The number of amides is 1. The Labute approximate surface area is 209 Å². The maximum atomic E-state index is 12.8. The van der Waals surface area contributed by atoms with Gasteiger partial charge >= 0.3 is 6.09 Å². The van der Waals surface area contributed by atoms with E-state index in [4.69, 9.17) is 13.6 Å². The van der Waals surface area contributed by atoms with Crippen LogP contribution in [0.4, 0.5) is 4.79 Å². The number of aliphatic hydroxyl groups excluding tert-OH is 1. The van der Waals surface area contributed by atoms with Gasteiger partial charge in [-0.1, -0.05) is 71.9 Å². The van der Waals surface area contributed by atoms with E-state index < -0.39 is 22.7 Å². The van der Waals surface area contributed by atoms with Crippen LogP contribution in [0.15, 0.2) is 30.3 Å². The fraction of sp³-hybridized carbons (Fsp3) is 0.731. The predicted octanol–water partition coefficient (Wildman–Crippen LogP) is 6.07. The molecule has 8 heteroatoms. The van der Waals surface area contributed by atoms with Crippen LogP contribution in [0.25, 0.3) is 0 Å². The average molecular weight is 510 g/mol. The molecule has 6 nitrogen and oxygen atoms in total. The molecule has 0 saturated heterocycles. The molecule has 1 aliphatic carbocycles. The molecule has 0 bridgehead atoms. The Morgan fingerprint density at radius 3 is 1.91 bits per heavy atom. The van der Waals surface area contributed by atoms with E-state index in [0.717, 1.165) is 5.56 Å². The lowest BCUT2D eigenvalue weighted by Crippen LogP contribution is -2.56. The molecule has 34 heavy (non-hydrogen) atoms. The van der Waals surface area contributed by atoms with Crippen molar-refractivity contribution < 1.29 is 23.5 Å². The molecule has 2 unspecified atom stereocenters. The molecule has 1 aromatic rings. The minimum Gasteiger partial charge on any atom is -0.445 e. The molecule has 0 heterocycles. The first kappa shape index (κ1) is 29.0. The number of hydrogen-bond donors (Lipinski definition) is 2. The van der Waals surface area contributed by atoms with Gasteiger partial charge in [-0.2, -0.15) is 0 Å². The Morgan fingerprint density at radius 2 is 1.44 bits per heavy atom. The molecular formula is C26H47NO5Si2. The fourth-order valence-corrected chi connectivity index (χ4v) is 6.37. The summed E-state index contributed by atoms with van der Waals surface area (Å²) in [5.74, 6) is -0.108. The summed E-state index contributed by atoms with van der Waals surface area (Å²) >= 11 is 0. The zero-order chi connectivity index (χ0) is 25.9. The number of carbonyl (C=O) groups is 1. The third-order valence-corrected chi connectivity index (χ3v) is 16.9. The first-order valence-corrected chi connectivity index (χ1v) is 18.2. The molecule has 4 atom stereocenters. The zero-order valence-electron chi connectivity index (χ0n) is 22.9. The summed E-state index contributed by atoms with van der Waals surface area (Å²) in [6, 6.07) is 9.34. The normalized spacial score (nSPS) is 24.2. The van der Waals surface area contributed by atoms with Crippen molar-refractivity contribution in [1.29, 1.82) is 0 Å². The highest BCUT2D eigenvalue weighted by Crippen LogP contribution is 2.44. The number of ether oxygens (including phenoxy) is 1. The Morgan fingerprint density at radius 1 is 0.941 bits per heavy atom. The van der Waals surface area contributed by atoms with Crippen LogP contribution < -0.4 is 5.32 Å². The number of nitrogens with one attached hydrogen (secondary N) is 1. The molecule has 2 N–H and O–H groups in total. The number of rotatable bonds is 8. The largest absolute Gasteiger partial charge is 0.445 e. The quantitative estimate of drug-likeness (QED) is 0.416. The van der Waals surface area contributed by atoms with Crippen LogP contribution in [0.1, 0.15) is 53.5 Å². The lowest BCUT2D eigenvalue weighted by molar-refractivity contribution is 0.0139. The third-order valence-electron chi connectivity index (χ3n) is 7.97. The van der Waals surface area contributed by atoms with Gasteiger partial charge in [0.1, 0.15) is 6.61 Å². The summed E-state index contributed by atoms with van der Waals surface area (Å²) in [5.41, 5.74) is 0.936. The van der Waals surface area contributed by atoms with E-state index in [1.54, 1.807) is 0 Å². The maximum absolute atomic E-state index is 12.8. The van der Waals surface area contributed by atoms with Crippen molar-refractivity contribution in [2.45, 2.75) is 109 Å². The first-order chi connectivity index (χ1) is 15.5. The molecule has 2 rings (SSSR count). The van der Waals surface area contributed by atoms with Gasteiger partial charge in [0, 0.05) is 12.5 Å². The van der Waals surface area contributed by atoms with Crippen molar-refractivity contribution in [1.82, 2.24) is 5.32 Å². The molecule has 0 aliphatic heterocycles. The summed E-state index contributed by atoms with van der Waals surface area (Å²) in [6.07, 6.45) is -0.492. The van der Waals surface area contributed by atoms with Gasteiger partial charge in [0.15, 0.2) is 16.6 Å². The van der Waals surface area contributed by atoms with Gasteiger partial charge < -0.3 is 24.0 Å². The monoisotopic (exact) mass is 509 g/mol. The molecule has 0 radical (unpaired) electrons. The molecule has 194 valence electrons. The van der Waals surface area contributed by atoms with Crippen LogP contribution in [0, 0.1) is 5.92 Å². The average Bonchev–Trinajstić information content (AvgIpc) is 3.00. The number of hydrogen-bond acceptors (Lipinski definition) is 5. The topological polar surface area (TPSA) is 77.0 Å². The summed E-state index contributed by atoms with van der Waals surface area (Å²) in [4.78, 5) is 12.8. The van der Waals surface area contributed by atoms with Crippen molar-refractivity contribution in [2.75, 3.05) is 6.61 Å². The Balaban J connectivity index is 2.27. The zero-order valence-corrected chi connectivity index (χ0v) is 24.9. The van der Waals surface area contributed by atoms with Crippen LogP contribution in [-0.4, -0.2) is 52.7 Å². The lowest BCUT2D eigenvalue weighted by Gasteiger charge is -2.45. The van der Waals surface area contributed by atoms with Crippen LogP contribution in [0.3, 0.4) is 0 Å². The van der Waals surface area contributed by atoms with Crippen LogP contribution in [-0.2, 0) is 20.2 Å². The van der Waals surface area contributed by atoms with Gasteiger partial charge in [-0.15, -0.1) is 0 Å². The lowest BCUT2D eigenvalue weighted by atomic mass is 10.1. The van der Waals surface area contributed by atoms with E-state index in [1.165, 1.54) is 0 Å². The molecule has 1 saturated carbocycles. The van der Waals surface area contributed by atoms with Crippen LogP contribution in [0.2, 0.25) is 36.3 Å². The molecular weight excluding hydrogens is 462 g/mol.